The molecule has 6 nitrogen and oxygen atoms in total. The molecule has 1 aliphatic heterocycles. The van der Waals surface area contributed by atoms with Gasteiger partial charge in [-0.15, -0.1) is 10.2 Å². The van der Waals surface area contributed by atoms with Gasteiger partial charge in [0.2, 0.25) is 11.2 Å². The molecule has 0 spiro atoms. The average Bonchev–Trinajstić information content (AvgIpc) is 2.83. The largest absolute Gasteiger partial charge is 0.358 e. The van der Waals surface area contributed by atoms with Crippen molar-refractivity contribution >= 4 is 34.9 Å². The molecule has 0 bridgehead atoms. The maximum absolute atomic E-state index is 11.7. The van der Waals surface area contributed by atoms with Crippen molar-refractivity contribution in [3.05, 3.63) is 10.4 Å². The lowest BCUT2D eigenvalue weighted by atomic mass is 10.4. The second-order valence-corrected chi connectivity index (χ2v) is 4.36. The number of nitrogens with zero attached hydrogens (tertiary/aromatic N) is 4. The zero-order chi connectivity index (χ0) is 12.3. The first-order chi connectivity index (χ1) is 8.16. The van der Waals surface area contributed by atoms with E-state index in [1.165, 1.54) is 0 Å². The van der Waals surface area contributed by atoms with Crippen LogP contribution in [-0.4, -0.2) is 45.6 Å². The molecule has 0 atom stereocenters. The van der Waals surface area contributed by atoms with E-state index in [2.05, 4.69) is 20.5 Å². The summed E-state index contributed by atoms with van der Waals surface area (Å²) in [6, 6.07) is 0. The van der Waals surface area contributed by atoms with Crippen LogP contribution in [0.5, 0.6) is 0 Å². The molecule has 0 aromatic carbocycles. The summed E-state index contributed by atoms with van der Waals surface area (Å²) in [6.45, 7) is 1.77. The van der Waals surface area contributed by atoms with Crippen LogP contribution >= 0.6 is 23.2 Å². The van der Waals surface area contributed by atoms with E-state index in [9.17, 15) is 4.79 Å². The van der Waals surface area contributed by atoms with Crippen molar-refractivity contribution in [3.63, 3.8) is 0 Å². The van der Waals surface area contributed by atoms with E-state index in [0.717, 1.165) is 25.9 Å². The maximum Gasteiger partial charge on any atom is 0.245 e. The number of carbonyl (C=O) groups excluding carboxylic acids is 1. The Kier molecular flexibility index (Phi) is 3.96. The predicted octanol–water partition coefficient (Wildman–Crippen LogP) is 1.21. The second kappa shape index (κ2) is 5.46. The summed E-state index contributed by atoms with van der Waals surface area (Å²) in [6.07, 6.45) is 2.13. The summed E-state index contributed by atoms with van der Waals surface area (Å²) in [7, 11) is 0. The Labute approximate surface area is 108 Å². The highest BCUT2D eigenvalue weighted by Crippen LogP contribution is 2.16. The minimum atomic E-state index is -0.00878. The van der Waals surface area contributed by atoms with Gasteiger partial charge in [-0.25, -0.2) is 0 Å². The highest BCUT2D eigenvalue weighted by molar-refractivity contribution is 6.32. The number of hydrogen-bond acceptors (Lipinski definition) is 5. The molecule has 0 unspecified atom stereocenters. The number of halogens is 2. The van der Waals surface area contributed by atoms with Gasteiger partial charge in [-0.3, -0.25) is 4.79 Å². The fraction of sp³-hybridized carbons (Fsp3) is 0.556. The van der Waals surface area contributed by atoms with E-state index < -0.39 is 0 Å². The molecule has 1 aromatic heterocycles. The molecule has 1 aliphatic rings. The van der Waals surface area contributed by atoms with Crippen LogP contribution in [0, 0.1) is 0 Å². The Morgan fingerprint density at radius 1 is 1.29 bits per heavy atom. The van der Waals surface area contributed by atoms with E-state index in [1.807, 2.05) is 0 Å². The van der Waals surface area contributed by atoms with Gasteiger partial charge >= 0.3 is 0 Å². The Balaban J connectivity index is 1.92. The molecule has 0 radical (unpaired) electrons. The number of likely N-dealkylation sites (tertiary alicyclic amines) is 1. The van der Waals surface area contributed by atoms with Gasteiger partial charge in [0.25, 0.3) is 0 Å². The van der Waals surface area contributed by atoms with Crippen LogP contribution in [0.4, 0.5) is 5.82 Å². The van der Waals surface area contributed by atoms with Crippen LogP contribution in [0.25, 0.3) is 0 Å². The van der Waals surface area contributed by atoms with E-state index in [0.29, 0.717) is 0 Å². The van der Waals surface area contributed by atoms with Gasteiger partial charge in [-0.1, -0.05) is 11.6 Å². The smallest absolute Gasteiger partial charge is 0.245 e. The summed E-state index contributed by atoms with van der Waals surface area (Å²) in [4.78, 5) is 17.4. The summed E-state index contributed by atoms with van der Waals surface area (Å²) < 4.78 is 0. The van der Waals surface area contributed by atoms with Crippen molar-refractivity contribution in [1.29, 1.82) is 0 Å². The van der Waals surface area contributed by atoms with Crippen molar-refractivity contribution in [2.75, 3.05) is 25.0 Å². The van der Waals surface area contributed by atoms with Gasteiger partial charge in [-0.05, 0) is 24.4 Å². The lowest BCUT2D eigenvalue weighted by Crippen LogP contribution is -2.33. The average molecular weight is 276 g/mol. The Bertz CT molecular complexity index is 422. The van der Waals surface area contributed by atoms with E-state index in [-0.39, 0.29) is 28.7 Å². The number of rotatable bonds is 3. The summed E-state index contributed by atoms with van der Waals surface area (Å²) in [5.41, 5.74) is 0. The molecule has 1 N–H and O–H groups in total. The number of amides is 1. The van der Waals surface area contributed by atoms with Crippen LogP contribution in [0.15, 0.2) is 0 Å². The van der Waals surface area contributed by atoms with Crippen molar-refractivity contribution in [2.24, 2.45) is 0 Å². The van der Waals surface area contributed by atoms with Crippen molar-refractivity contribution in [3.8, 4) is 0 Å². The highest BCUT2D eigenvalue weighted by atomic mass is 35.5. The Morgan fingerprint density at radius 2 is 2.00 bits per heavy atom. The van der Waals surface area contributed by atoms with Gasteiger partial charge in [0.1, 0.15) is 0 Å². The molecule has 1 aromatic rings. The molecule has 0 aliphatic carbocycles. The third kappa shape index (κ3) is 3.17. The lowest BCUT2D eigenvalue weighted by Gasteiger charge is -2.15. The van der Waals surface area contributed by atoms with Gasteiger partial charge in [-0.2, -0.15) is 4.98 Å². The summed E-state index contributed by atoms with van der Waals surface area (Å²) in [5.74, 6) is 0.299. The minimum Gasteiger partial charge on any atom is -0.358 e. The lowest BCUT2D eigenvalue weighted by molar-refractivity contribution is -0.128. The normalized spacial score (nSPS) is 15.1. The van der Waals surface area contributed by atoms with Crippen molar-refractivity contribution in [2.45, 2.75) is 12.8 Å². The number of hydrogen-bond donors (Lipinski definition) is 1. The fourth-order valence-corrected chi connectivity index (χ4v) is 1.91. The maximum atomic E-state index is 11.7. The summed E-state index contributed by atoms with van der Waals surface area (Å²) >= 11 is 11.3. The zero-order valence-electron chi connectivity index (χ0n) is 8.99. The molecule has 2 rings (SSSR count). The quantitative estimate of drug-likeness (QED) is 0.898. The Morgan fingerprint density at radius 3 is 2.71 bits per heavy atom. The molecule has 8 heteroatoms. The van der Waals surface area contributed by atoms with E-state index >= 15 is 0 Å². The second-order valence-electron chi connectivity index (χ2n) is 3.66. The first-order valence-electron chi connectivity index (χ1n) is 5.24. The van der Waals surface area contributed by atoms with Crippen LogP contribution in [-0.2, 0) is 4.79 Å². The molecular formula is C9H11Cl2N5O. The molecule has 1 amide bonds. The van der Waals surface area contributed by atoms with Crippen molar-refractivity contribution < 1.29 is 4.79 Å². The van der Waals surface area contributed by atoms with E-state index in [1.54, 1.807) is 4.90 Å². The van der Waals surface area contributed by atoms with Crippen LogP contribution in [0.3, 0.4) is 0 Å². The molecule has 17 heavy (non-hydrogen) atoms. The Hall–Kier alpha value is -1.14. The first kappa shape index (κ1) is 12.3. The monoisotopic (exact) mass is 275 g/mol. The number of nitrogens with one attached hydrogen (secondary N) is 1. The third-order valence-corrected chi connectivity index (χ3v) is 2.90. The van der Waals surface area contributed by atoms with Crippen LogP contribution in [0.2, 0.25) is 10.4 Å². The number of anilines is 1. The SMILES string of the molecule is O=C(CNc1nc(Cl)nnc1Cl)N1CCCC1. The molecule has 1 saturated heterocycles. The fourth-order valence-electron chi connectivity index (χ4n) is 1.64. The van der Waals surface area contributed by atoms with Gasteiger partial charge in [0.05, 0.1) is 6.54 Å². The molecule has 1 fully saturated rings. The molecular weight excluding hydrogens is 265 g/mol. The van der Waals surface area contributed by atoms with E-state index in [4.69, 9.17) is 23.2 Å². The van der Waals surface area contributed by atoms with Gasteiger partial charge < -0.3 is 10.2 Å². The third-order valence-electron chi connectivity index (χ3n) is 2.49. The highest BCUT2D eigenvalue weighted by Gasteiger charge is 2.18. The predicted molar refractivity (Wildman–Crippen MR) is 64.2 cm³/mol. The minimum absolute atomic E-state index is 0.00878. The number of aromatic nitrogens is 3. The summed E-state index contributed by atoms with van der Waals surface area (Å²) in [5, 5.41) is 9.97. The zero-order valence-corrected chi connectivity index (χ0v) is 10.5. The molecule has 92 valence electrons. The topological polar surface area (TPSA) is 71.0 Å². The van der Waals surface area contributed by atoms with Crippen molar-refractivity contribution in [1.82, 2.24) is 20.1 Å². The number of carbonyl (C=O) groups is 1. The van der Waals surface area contributed by atoms with Gasteiger partial charge in [0, 0.05) is 13.1 Å². The first-order valence-corrected chi connectivity index (χ1v) is 6.00. The molecule has 0 saturated carbocycles. The van der Waals surface area contributed by atoms with Crippen LogP contribution < -0.4 is 5.32 Å². The van der Waals surface area contributed by atoms with Gasteiger partial charge in [0.15, 0.2) is 11.0 Å². The van der Waals surface area contributed by atoms with Crippen LogP contribution in [0.1, 0.15) is 12.8 Å². The molecule has 2 heterocycles. The standard InChI is InChI=1S/C9H11Cl2N5O/c10-7-8(13-9(11)15-14-7)12-5-6(17)16-3-1-2-4-16/h1-5H2,(H,12,13,15).